The summed E-state index contributed by atoms with van der Waals surface area (Å²) in [6.45, 7) is 3.61. The van der Waals surface area contributed by atoms with Crippen molar-refractivity contribution in [2.45, 2.75) is 32.2 Å². The second kappa shape index (κ2) is 7.72. The summed E-state index contributed by atoms with van der Waals surface area (Å²) in [5.41, 5.74) is 1.01. The Hall–Kier alpha value is -1.99. The van der Waals surface area contributed by atoms with Crippen LogP contribution in [0.5, 0.6) is 0 Å². The molecule has 1 aromatic heterocycles. The molecule has 0 aliphatic carbocycles. The van der Waals surface area contributed by atoms with Gasteiger partial charge in [0, 0.05) is 6.54 Å². The molecule has 1 aromatic carbocycles. The summed E-state index contributed by atoms with van der Waals surface area (Å²) in [5, 5.41) is 6.09. The lowest BCUT2D eigenvalue weighted by Gasteiger charge is -2.21. The van der Waals surface area contributed by atoms with Crippen molar-refractivity contribution in [3.05, 3.63) is 29.3 Å². The van der Waals surface area contributed by atoms with Crippen molar-refractivity contribution in [1.29, 1.82) is 0 Å². The van der Waals surface area contributed by atoms with Crippen molar-refractivity contribution in [1.82, 2.24) is 20.5 Å². The number of likely N-dealkylation sites (tertiary alicyclic amines) is 1. The van der Waals surface area contributed by atoms with E-state index in [1.54, 1.807) is 11.3 Å². The molecule has 0 unspecified atom stereocenters. The zero-order chi connectivity index (χ0) is 16.9. The molecule has 0 radical (unpaired) electrons. The standard InChI is InChI=1S/C17H22N4O2S/c1-2-9-18-17(23)20-15(22)11-21-10-5-7-13(21)16-19-12-6-3-4-8-14(12)24-16/h3-4,6,8,13H,2,5,7,9-11H2,1H3,(H2,18,20,22,23)/t13-/m0/s1. The monoisotopic (exact) mass is 346 g/mol. The Morgan fingerprint density at radius 3 is 3.00 bits per heavy atom. The van der Waals surface area contributed by atoms with E-state index < -0.39 is 6.03 Å². The van der Waals surface area contributed by atoms with Crippen LogP contribution in [-0.2, 0) is 4.79 Å². The molecule has 24 heavy (non-hydrogen) atoms. The predicted octanol–water partition coefficient (Wildman–Crippen LogP) is 2.67. The van der Waals surface area contributed by atoms with Crippen LogP contribution in [0.1, 0.15) is 37.2 Å². The Bertz CT molecular complexity index is 697. The summed E-state index contributed by atoms with van der Waals surface area (Å²) >= 11 is 1.69. The number of carbonyl (C=O) groups is 2. The van der Waals surface area contributed by atoms with Crippen molar-refractivity contribution in [2.75, 3.05) is 19.6 Å². The number of thiazole rings is 1. The first-order valence-corrected chi connectivity index (χ1v) is 9.16. The molecule has 2 N–H and O–H groups in total. The fraction of sp³-hybridized carbons (Fsp3) is 0.471. The first-order chi connectivity index (χ1) is 11.7. The Labute approximate surface area is 145 Å². The second-order valence-corrected chi connectivity index (χ2v) is 7.01. The summed E-state index contributed by atoms with van der Waals surface area (Å²) in [5.74, 6) is -0.267. The number of hydrogen-bond donors (Lipinski definition) is 2. The third-order valence-corrected chi connectivity index (χ3v) is 5.23. The molecular weight excluding hydrogens is 324 g/mol. The number of nitrogens with one attached hydrogen (secondary N) is 2. The minimum atomic E-state index is -0.419. The molecule has 128 valence electrons. The number of rotatable bonds is 5. The number of imide groups is 1. The average Bonchev–Trinajstić information content (AvgIpc) is 3.18. The molecule has 1 fully saturated rings. The summed E-state index contributed by atoms with van der Waals surface area (Å²) in [7, 11) is 0. The smallest absolute Gasteiger partial charge is 0.321 e. The Balaban J connectivity index is 1.63. The van der Waals surface area contributed by atoms with E-state index in [2.05, 4.69) is 21.6 Å². The van der Waals surface area contributed by atoms with Gasteiger partial charge in [-0.1, -0.05) is 19.1 Å². The minimum absolute atomic E-state index is 0.159. The quantitative estimate of drug-likeness (QED) is 0.873. The maximum atomic E-state index is 12.1. The highest BCUT2D eigenvalue weighted by Gasteiger charge is 2.30. The van der Waals surface area contributed by atoms with E-state index in [1.807, 2.05) is 25.1 Å². The van der Waals surface area contributed by atoms with Gasteiger partial charge in [0.1, 0.15) is 5.01 Å². The topological polar surface area (TPSA) is 74.3 Å². The molecule has 3 rings (SSSR count). The number of fused-ring (bicyclic) bond motifs is 1. The van der Waals surface area contributed by atoms with Crippen LogP contribution in [0.15, 0.2) is 24.3 Å². The third kappa shape index (κ3) is 3.91. The molecule has 6 nitrogen and oxygen atoms in total. The maximum absolute atomic E-state index is 12.1. The number of urea groups is 1. The molecule has 1 aliphatic rings. The second-order valence-electron chi connectivity index (χ2n) is 5.95. The van der Waals surface area contributed by atoms with Crippen molar-refractivity contribution in [2.24, 2.45) is 0 Å². The van der Waals surface area contributed by atoms with Gasteiger partial charge in [0.15, 0.2) is 0 Å². The largest absolute Gasteiger partial charge is 0.338 e. The molecule has 0 saturated carbocycles. The minimum Gasteiger partial charge on any atom is -0.338 e. The lowest BCUT2D eigenvalue weighted by molar-refractivity contribution is -0.121. The zero-order valence-corrected chi connectivity index (χ0v) is 14.6. The number of amides is 3. The van der Waals surface area contributed by atoms with E-state index in [0.717, 1.165) is 36.3 Å². The Morgan fingerprint density at radius 2 is 2.21 bits per heavy atom. The van der Waals surface area contributed by atoms with Gasteiger partial charge in [-0.05, 0) is 37.9 Å². The molecule has 1 atom stereocenters. The van der Waals surface area contributed by atoms with Crippen LogP contribution in [0.2, 0.25) is 0 Å². The van der Waals surface area contributed by atoms with Gasteiger partial charge >= 0.3 is 6.03 Å². The van der Waals surface area contributed by atoms with Gasteiger partial charge in [0.25, 0.3) is 0 Å². The zero-order valence-electron chi connectivity index (χ0n) is 13.7. The lowest BCUT2D eigenvalue weighted by Crippen LogP contribution is -2.44. The number of carbonyl (C=O) groups excluding carboxylic acids is 2. The maximum Gasteiger partial charge on any atom is 0.321 e. The first-order valence-electron chi connectivity index (χ1n) is 8.34. The summed E-state index contributed by atoms with van der Waals surface area (Å²) in [6, 6.07) is 7.82. The van der Waals surface area contributed by atoms with Crippen LogP contribution in [0.25, 0.3) is 10.2 Å². The van der Waals surface area contributed by atoms with Crippen LogP contribution >= 0.6 is 11.3 Å². The van der Waals surface area contributed by atoms with Crippen LogP contribution < -0.4 is 10.6 Å². The van der Waals surface area contributed by atoms with Gasteiger partial charge in [-0.2, -0.15) is 0 Å². The van der Waals surface area contributed by atoms with Gasteiger partial charge in [-0.25, -0.2) is 9.78 Å². The molecule has 1 saturated heterocycles. The van der Waals surface area contributed by atoms with Crippen LogP contribution in [0, 0.1) is 0 Å². The molecule has 0 spiro atoms. The number of aromatic nitrogens is 1. The summed E-state index contributed by atoms with van der Waals surface area (Å²) in [6.07, 6.45) is 2.87. The van der Waals surface area contributed by atoms with Gasteiger partial charge in [0.2, 0.25) is 5.91 Å². The Kier molecular flexibility index (Phi) is 5.42. The lowest BCUT2D eigenvalue weighted by atomic mass is 10.2. The molecular formula is C17H22N4O2S. The molecule has 3 amide bonds. The summed E-state index contributed by atoms with van der Waals surface area (Å²) < 4.78 is 1.17. The van der Waals surface area contributed by atoms with E-state index in [1.165, 1.54) is 4.70 Å². The van der Waals surface area contributed by atoms with Crippen LogP contribution in [-0.4, -0.2) is 41.5 Å². The third-order valence-electron chi connectivity index (χ3n) is 4.09. The van der Waals surface area contributed by atoms with Crippen LogP contribution in [0.3, 0.4) is 0 Å². The van der Waals surface area contributed by atoms with E-state index >= 15 is 0 Å². The van der Waals surface area contributed by atoms with E-state index in [-0.39, 0.29) is 18.5 Å². The number of para-hydroxylation sites is 1. The van der Waals surface area contributed by atoms with Gasteiger partial charge in [-0.15, -0.1) is 11.3 Å². The fourth-order valence-electron chi connectivity index (χ4n) is 2.96. The van der Waals surface area contributed by atoms with Gasteiger partial charge in [-0.3, -0.25) is 15.0 Å². The van der Waals surface area contributed by atoms with E-state index in [4.69, 9.17) is 4.98 Å². The molecule has 2 heterocycles. The van der Waals surface area contributed by atoms with Gasteiger partial charge < -0.3 is 5.32 Å². The van der Waals surface area contributed by atoms with Crippen molar-refractivity contribution in [3.63, 3.8) is 0 Å². The van der Waals surface area contributed by atoms with E-state index in [0.29, 0.717) is 6.54 Å². The highest BCUT2D eigenvalue weighted by atomic mass is 32.1. The van der Waals surface area contributed by atoms with Crippen molar-refractivity contribution in [3.8, 4) is 0 Å². The van der Waals surface area contributed by atoms with Crippen molar-refractivity contribution < 1.29 is 9.59 Å². The summed E-state index contributed by atoms with van der Waals surface area (Å²) in [4.78, 5) is 30.5. The SMILES string of the molecule is CCCNC(=O)NC(=O)CN1CCC[C@H]1c1nc2ccccc2s1. The number of benzene rings is 1. The fourth-order valence-corrected chi connectivity index (χ4v) is 4.10. The van der Waals surface area contributed by atoms with Gasteiger partial charge in [0.05, 0.1) is 22.8 Å². The molecule has 7 heteroatoms. The molecule has 0 bridgehead atoms. The predicted molar refractivity (Wildman–Crippen MR) is 95.0 cm³/mol. The normalized spacial score (nSPS) is 18.0. The highest BCUT2D eigenvalue weighted by Crippen LogP contribution is 2.36. The number of nitrogens with zero attached hydrogens (tertiary/aromatic N) is 2. The van der Waals surface area contributed by atoms with E-state index in [9.17, 15) is 9.59 Å². The van der Waals surface area contributed by atoms with Crippen LogP contribution in [0.4, 0.5) is 4.79 Å². The highest BCUT2D eigenvalue weighted by molar-refractivity contribution is 7.18. The Morgan fingerprint density at radius 1 is 1.38 bits per heavy atom. The number of hydrogen-bond acceptors (Lipinski definition) is 5. The molecule has 1 aliphatic heterocycles. The average molecular weight is 346 g/mol. The first kappa shape index (κ1) is 16.9. The van der Waals surface area contributed by atoms with Crippen molar-refractivity contribution >= 4 is 33.5 Å². The molecule has 2 aromatic rings.